The second-order valence-electron chi connectivity index (χ2n) is 3.38. The van der Waals surface area contributed by atoms with Crippen LogP contribution in [0.3, 0.4) is 0 Å². The minimum Gasteiger partial charge on any atom is -0.0952 e. The van der Waals surface area contributed by atoms with Gasteiger partial charge in [-0.3, -0.25) is 0 Å². The highest BCUT2D eigenvalue weighted by molar-refractivity contribution is 5.49. The normalized spacial score (nSPS) is 23.8. The molecule has 0 aromatic heterocycles. The fourth-order valence-electron chi connectivity index (χ4n) is 1.94. The van der Waals surface area contributed by atoms with Gasteiger partial charge in [0.05, 0.1) is 0 Å². The van der Waals surface area contributed by atoms with Crippen molar-refractivity contribution in [3.05, 3.63) is 35.5 Å². The van der Waals surface area contributed by atoms with Crippen molar-refractivity contribution in [2.24, 2.45) is 0 Å². The van der Waals surface area contributed by atoms with Gasteiger partial charge in [0, 0.05) is 0 Å². The lowest BCUT2D eigenvalue weighted by atomic mass is 10.0. The van der Waals surface area contributed by atoms with Gasteiger partial charge in [-0.05, 0) is 48.8 Å². The van der Waals surface area contributed by atoms with E-state index in [-0.39, 0.29) is 0 Å². The fraction of sp³-hybridized carbons (Fsp3) is 0.455. The maximum absolute atomic E-state index is 4.07. The Kier molecular flexibility index (Phi) is 1.69. The van der Waals surface area contributed by atoms with E-state index in [9.17, 15) is 0 Å². The van der Waals surface area contributed by atoms with Gasteiger partial charge in [-0.25, -0.2) is 0 Å². The van der Waals surface area contributed by atoms with Crippen molar-refractivity contribution in [1.29, 1.82) is 0 Å². The van der Waals surface area contributed by atoms with E-state index in [4.69, 9.17) is 0 Å². The average Bonchev–Trinajstić information content (AvgIpc) is 2.55. The van der Waals surface area contributed by atoms with E-state index in [1.54, 1.807) is 5.57 Å². The van der Waals surface area contributed by atoms with Gasteiger partial charge in [0.15, 0.2) is 0 Å². The molecule has 0 bridgehead atoms. The molecule has 2 aliphatic carbocycles. The summed E-state index contributed by atoms with van der Waals surface area (Å²) in [4.78, 5) is 0. The number of rotatable bonds is 1. The standard InChI is InChI=1S/C11H14/c1-9-5-4-8-11(9)10-6-2-3-7-10/h6,8H,1-5,7H2. The Balaban J connectivity index is 2.21. The molecule has 0 aliphatic heterocycles. The second kappa shape index (κ2) is 2.69. The van der Waals surface area contributed by atoms with Crippen LogP contribution in [0.15, 0.2) is 35.5 Å². The van der Waals surface area contributed by atoms with E-state index in [0.717, 1.165) is 0 Å². The van der Waals surface area contributed by atoms with Crippen molar-refractivity contribution in [2.45, 2.75) is 32.1 Å². The topological polar surface area (TPSA) is 0 Å². The van der Waals surface area contributed by atoms with E-state index in [1.807, 2.05) is 0 Å². The molecule has 0 radical (unpaired) electrons. The lowest BCUT2D eigenvalue weighted by Gasteiger charge is -2.03. The van der Waals surface area contributed by atoms with Gasteiger partial charge in [-0.2, -0.15) is 0 Å². The summed E-state index contributed by atoms with van der Waals surface area (Å²) in [5.41, 5.74) is 4.40. The van der Waals surface area contributed by atoms with Crippen LogP contribution in [0.5, 0.6) is 0 Å². The molecule has 0 unspecified atom stereocenters. The third-order valence-corrected chi connectivity index (χ3v) is 2.56. The van der Waals surface area contributed by atoms with Gasteiger partial charge in [-0.1, -0.05) is 18.7 Å². The molecule has 0 spiro atoms. The molecule has 11 heavy (non-hydrogen) atoms. The summed E-state index contributed by atoms with van der Waals surface area (Å²) in [6.07, 6.45) is 11.0. The first kappa shape index (κ1) is 6.90. The number of allylic oxidation sites excluding steroid dienone is 5. The zero-order valence-corrected chi connectivity index (χ0v) is 6.90. The summed E-state index contributed by atoms with van der Waals surface area (Å²) in [6, 6.07) is 0. The van der Waals surface area contributed by atoms with Crippen molar-refractivity contribution in [3.8, 4) is 0 Å². The van der Waals surface area contributed by atoms with Crippen molar-refractivity contribution < 1.29 is 0 Å². The van der Waals surface area contributed by atoms with Gasteiger partial charge >= 0.3 is 0 Å². The van der Waals surface area contributed by atoms with Gasteiger partial charge in [-0.15, -0.1) is 0 Å². The Bertz CT molecular complexity index is 241. The molecule has 0 saturated heterocycles. The van der Waals surface area contributed by atoms with Crippen molar-refractivity contribution in [1.82, 2.24) is 0 Å². The predicted molar refractivity (Wildman–Crippen MR) is 48.4 cm³/mol. The Morgan fingerprint density at radius 1 is 1.09 bits per heavy atom. The molecule has 2 rings (SSSR count). The van der Waals surface area contributed by atoms with Gasteiger partial charge < -0.3 is 0 Å². The van der Waals surface area contributed by atoms with Crippen LogP contribution in [-0.2, 0) is 0 Å². The molecule has 0 fully saturated rings. The average molecular weight is 146 g/mol. The van der Waals surface area contributed by atoms with E-state index in [1.165, 1.54) is 43.3 Å². The highest BCUT2D eigenvalue weighted by Crippen LogP contribution is 2.34. The van der Waals surface area contributed by atoms with Crippen LogP contribution >= 0.6 is 0 Å². The Hall–Kier alpha value is -0.780. The number of hydrogen-bond acceptors (Lipinski definition) is 0. The second-order valence-corrected chi connectivity index (χ2v) is 3.38. The van der Waals surface area contributed by atoms with Crippen molar-refractivity contribution >= 4 is 0 Å². The summed E-state index contributed by atoms with van der Waals surface area (Å²) in [5.74, 6) is 0. The first-order chi connectivity index (χ1) is 5.38. The van der Waals surface area contributed by atoms with Gasteiger partial charge in [0.2, 0.25) is 0 Å². The van der Waals surface area contributed by atoms with E-state index < -0.39 is 0 Å². The molecule has 0 N–H and O–H groups in total. The summed E-state index contributed by atoms with van der Waals surface area (Å²) in [7, 11) is 0. The van der Waals surface area contributed by atoms with Crippen LogP contribution in [-0.4, -0.2) is 0 Å². The molecule has 0 atom stereocenters. The SMILES string of the molecule is C=C1CCC=C1C1=CCCC1. The van der Waals surface area contributed by atoms with Crippen molar-refractivity contribution in [2.75, 3.05) is 0 Å². The monoisotopic (exact) mass is 146 g/mol. The van der Waals surface area contributed by atoms with Crippen LogP contribution in [0.2, 0.25) is 0 Å². The lowest BCUT2D eigenvalue weighted by molar-refractivity contribution is 0.911. The van der Waals surface area contributed by atoms with E-state index >= 15 is 0 Å². The fourth-order valence-corrected chi connectivity index (χ4v) is 1.94. The van der Waals surface area contributed by atoms with Gasteiger partial charge in [0.25, 0.3) is 0 Å². The van der Waals surface area contributed by atoms with Crippen LogP contribution in [0.4, 0.5) is 0 Å². The zero-order chi connectivity index (χ0) is 7.68. The molecule has 2 aliphatic rings. The highest BCUT2D eigenvalue weighted by atomic mass is 14.2. The Morgan fingerprint density at radius 2 is 2.00 bits per heavy atom. The van der Waals surface area contributed by atoms with Crippen LogP contribution in [0.25, 0.3) is 0 Å². The lowest BCUT2D eigenvalue weighted by Crippen LogP contribution is -1.84. The third kappa shape index (κ3) is 1.18. The highest BCUT2D eigenvalue weighted by Gasteiger charge is 2.15. The van der Waals surface area contributed by atoms with E-state index in [0.29, 0.717) is 0 Å². The summed E-state index contributed by atoms with van der Waals surface area (Å²) in [6.45, 7) is 4.07. The Labute approximate surface area is 68.3 Å². The quantitative estimate of drug-likeness (QED) is 0.532. The van der Waals surface area contributed by atoms with Crippen LogP contribution < -0.4 is 0 Å². The first-order valence-electron chi connectivity index (χ1n) is 4.45. The Morgan fingerprint density at radius 3 is 2.55 bits per heavy atom. The maximum atomic E-state index is 4.07. The van der Waals surface area contributed by atoms with Crippen molar-refractivity contribution in [3.63, 3.8) is 0 Å². The largest absolute Gasteiger partial charge is 0.0952 e. The van der Waals surface area contributed by atoms with E-state index in [2.05, 4.69) is 18.7 Å². The summed E-state index contributed by atoms with van der Waals surface area (Å²) < 4.78 is 0. The maximum Gasteiger partial charge on any atom is -0.0241 e. The molecule has 58 valence electrons. The van der Waals surface area contributed by atoms with Crippen LogP contribution in [0, 0.1) is 0 Å². The van der Waals surface area contributed by atoms with Crippen LogP contribution in [0.1, 0.15) is 32.1 Å². The molecular weight excluding hydrogens is 132 g/mol. The molecule has 0 aromatic rings. The third-order valence-electron chi connectivity index (χ3n) is 2.56. The summed E-state index contributed by atoms with van der Waals surface area (Å²) in [5, 5.41) is 0. The molecular formula is C11H14. The molecule has 0 heterocycles. The zero-order valence-electron chi connectivity index (χ0n) is 6.90. The minimum absolute atomic E-state index is 1.19. The summed E-state index contributed by atoms with van der Waals surface area (Å²) >= 11 is 0. The molecule has 0 amide bonds. The molecule has 0 aromatic carbocycles. The predicted octanol–water partition coefficient (Wildman–Crippen LogP) is 3.37. The first-order valence-corrected chi connectivity index (χ1v) is 4.45. The number of hydrogen-bond donors (Lipinski definition) is 0. The molecule has 0 heteroatoms. The van der Waals surface area contributed by atoms with Gasteiger partial charge in [0.1, 0.15) is 0 Å². The minimum atomic E-state index is 1.19. The smallest absolute Gasteiger partial charge is 0.0241 e. The molecule has 0 saturated carbocycles. The molecule has 0 nitrogen and oxygen atoms in total.